The molecule has 0 spiro atoms. The second-order valence-electron chi connectivity index (χ2n) is 6.12. The third kappa shape index (κ3) is 3.79. The van der Waals surface area contributed by atoms with Crippen LogP contribution in [0.1, 0.15) is 16.7 Å². The van der Waals surface area contributed by atoms with E-state index in [1.807, 2.05) is 24.3 Å². The third-order valence-corrected chi connectivity index (χ3v) is 4.33. The first-order chi connectivity index (χ1) is 13.1. The van der Waals surface area contributed by atoms with Crippen LogP contribution in [0.15, 0.2) is 41.5 Å². The Balaban J connectivity index is 1.88. The van der Waals surface area contributed by atoms with E-state index in [0.29, 0.717) is 23.1 Å². The van der Waals surface area contributed by atoms with E-state index in [1.165, 1.54) is 0 Å². The maximum atomic E-state index is 5.36. The highest BCUT2D eigenvalue weighted by molar-refractivity contribution is 5.87. The van der Waals surface area contributed by atoms with Gasteiger partial charge in [0.1, 0.15) is 5.82 Å². The summed E-state index contributed by atoms with van der Waals surface area (Å²) in [6.45, 7) is 4.12. The minimum absolute atomic E-state index is 0.549. The average molecular weight is 365 g/mol. The molecular formula is C21H23N3O3. The van der Waals surface area contributed by atoms with Crippen molar-refractivity contribution >= 4 is 22.9 Å². The monoisotopic (exact) mass is 365 g/mol. The van der Waals surface area contributed by atoms with Crippen molar-refractivity contribution in [1.82, 2.24) is 4.98 Å². The highest BCUT2D eigenvalue weighted by Crippen LogP contribution is 2.37. The van der Waals surface area contributed by atoms with Crippen molar-refractivity contribution in [2.75, 3.05) is 26.8 Å². The Kier molecular flexibility index (Phi) is 5.45. The number of aromatic nitrogens is 1. The molecule has 0 saturated carbocycles. The predicted octanol–water partition coefficient (Wildman–Crippen LogP) is 4.32. The molecule has 0 saturated heterocycles. The molecule has 0 atom stereocenters. The summed E-state index contributed by atoms with van der Waals surface area (Å²) < 4.78 is 16.1. The third-order valence-electron chi connectivity index (χ3n) is 4.33. The van der Waals surface area contributed by atoms with Crippen LogP contribution < -0.4 is 19.6 Å². The number of benzene rings is 2. The minimum Gasteiger partial charge on any atom is -0.493 e. The highest BCUT2D eigenvalue weighted by Gasteiger charge is 2.12. The molecule has 0 fully saturated rings. The highest BCUT2D eigenvalue weighted by atomic mass is 16.5. The van der Waals surface area contributed by atoms with Gasteiger partial charge in [0, 0.05) is 10.9 Å². The molecule has 6 nitrogen and oxygen atoms in total. The largest absolute Gasteiger partial charge is 0.493 e. The number of fused-ring (bicyclic) bond motifs is 1. The lowest BCUT2D eigenvalue weighted by atomic mass is 10.1. The number of nitrogens with one attached hydrogen (secondary N) is 1. The Labute approximate surface area is 158 Å². The molecule has 0 aliphatic carbocycles. The Bertz CT molecular complexity index is 974. The second-order valence-corrected chi connectivity index (χ2v) is 6.12. The number of aryl methyl sites for hydroxylation is 2. The lowest BCUT2D eigenvalue weighted by Crippen LogP contribution is -1.98. The summed E-state index contributed by atoms with van der Waals surface area (Å²) in [4.78, 5) is 4.67. The van der Waals surface area contributed by atoms with E-state index in [4.69, 9.17) is 14.2 Å². The number of hydrogen-bond donors (Lipinski definition) is 1. The standard InChI is InChI=1S/C21H23N3O3/c1-13-7-6-8-16-14(2)9-19(23-20(13)16)24-22-12-15-10-17(25-3)21(27-5)18(11-15)26-4/h6-12H,1-5H3,(H,23,24)/b22-12-. The molecule has 140 valence electrons. The zero-order valence-electron chi connectivity index (χ0n) is 16.2. The molecule has 0 unspecified atom stereocenters. The van der Waals surface area contributed by atoms with Crippen LogP contribution in [0.5, 0.6) is 17.2 Å². The Morgan fingerprint density at radius 2 is 1.63 bits per heavy atom. The number of ether oxygens (including phenoxy) is 3. The van der Waals surface area contributed by atoms with Gasteiger partial charge in [0.15, 0.2) is 11.5 Å². The van der Waals surface area contributed by atoms with Gasteiger partial charge in [-0.15, -0.1) is 0 Å². The fourth-order valence-electron chi connectivity index (χ4n) is 2.97. The number of hydrogen-bond acceptors (Lipinski definition) is 6. The SMILES string of the molecule is COc1cc(/C=N\Nc2cc(C)c3cccc(C)c3n2)cc(OC)c1OC. The average Bonchev–Trinajstić information content (AvgIpc) is 2.68. The maximum Gasteiger partial charge on any atom is 0.203 e. The first kappa shape index (κ1) is 18.5. The van der Waals surface area contributed by atoms with Crippen molar-refractivity contribution in [2.24, 2.45) is 5.10 Å². The minimum atomic E-state index is 0.549. The first-order valence-corrected chi connectivity index (χ1v) is 8.53. The molecule has 0 bridgehead atoms. The molecule has 3 rings (SSSR count). The molecule has 0 aliphatic heterocycles. The number of para-hydroxylation sites is 1. The van der Waals surface area contributed by atoms with Crippen LogP contribution in [0.3, 0.4) is 0 Å². The van der Waals surface area contributed by atoms with Crippen molar-refractivity contribution < 1.29 is 14.2 Å². The molecule has 6 heteroatoms. The van der Waals surface area contributed by atoms with Gasteiger partial charge < -0.3 is 14.2 Å². The molecule has 0 amide bonds. The van der Waals surface area contributed by atoms with Gasteiger partial charge in [0.05, 0.1) is 33.1 Å². The number of hydrazone groups is 1. The molecule has 1 aromatic heterocycles. The van der Waals surface area contributed by atoms with E-state index < -0.39 is 0 Å². The van der Waals surface area contributed by atoms with E-state index in [9.17, 15) is 0 Å². The van der Waals surface area contributed by atoms with Crippen LogP contribution in [0, 0.1) is 13.8 Å². The number of anilines is 1. The fourth-order valence-corrected chi connectivity index (χ4v) is 2.97. The normalized spacial score (nSPS) is 11.0. The van der Waals surface area contributed by atoms with E-state index in [0.717, 1.165) is 27.6 Å². The van der Waals surface area contributed by atoms with Crippen LogP contribution in [0.2, 0.25) is 0 Å². The van der Waals surface area contributed by atoms with Crippen molar-refractivity contribution in [3.05, 3.63) is 53.1 Å². The van der Waals surface area contributed by atoms with E-state index in [2.05, 4.69) is 41.5 Å². The summed E-state index contributed by atoms with van der Waals surface area (Å²) >= 11 is 0. The summed E-state index contributed by atoms with van der Waals surface area (Å²) in [7, 11) is 4.74. The van der Waals surface area contributed by atoms with Gasteiger partial charge in [0.25, 0.3) is 0 Å². The first-order valence-electron chi connectivity index (χ1n) is 8.53. The van der Waals surface area contributed by atoms with Gasteiger partial charge in [-0.2, -0.15) is 5.10 Å². The van der Waals surface area contributed by atoms with Crippen LogP contribution >= 0.6 is 0 Å². The van der Waals surface area contributed by atoms with E-state index in [1.54, 1.807) is 27.5 Å². The quantitative estimate of drug-likeness (QED) is 0.520. The number of rotatable bonds is 6. The summed E-state index contributed by atoms with van der Waals surface area (Å²) in [6.07, 6.45) is 1.68. The van der Waals surface area contributed by atoms with Crippen molar-refractivity contribution in [3.63, 3.8) is 0 Å². The Morgan fingerprint density at radius 3 is 2.26 bits per heavy atom. The van der Waals surface area contributed by atoms with Gasteiger partial charge in [-0.05, 0) is 43.2 Å². The van der Waals surface area contributed by atoms with Gasteiger partial charge in [-0.1, -0.05) is 18.2 Å². The molecule has 27 heavy (non-hydrogen) atoms. The fraction of sp³-hybridized carbons (Fsp3) is 0.238. The predicted molar refractivity (Wildman–Crippen MR) is 109 cm³/mol. The number of pyridine rings is 1. The van der Waals surface area contributed by atoms with Crippen molar-refractivity contribution in [1.29, 1.82) is 0 Å². The molecule has 0 radical (unpaired) electrons. The second kappa shape index (κ2) is 7.95. The smallest absolute Gasteiger partial charge is 0.203 e. The van der Waals surface area contributed by atoms with Crippen LogP contribution in [0.25, 0.3) is 10.9 Å². The zero-order chi connectivity index (χ0) is 19.4. The van der Waals surface area contributed by atoms with Gasteiger partial charge in [-0.3, -0.25) is 5.43 Å². The summed E-state index contributed by atoms with van der Waals surface area (Å²) in [5.41, 5.74) is 7.07. The van der Waals surface area contributed by atoms with Crippen molar-refractivity contribution in [2.45, 2.75) is 13.8 Å². The molecular weight excluding hydrogens is 342 g/mol. The van der Waals surface area contributed by atoms with Crippen LogP contribution in [-0.4, -0.2) is 32.5 Å². The molecule has 1 heterocycles. The van der Waals surface area contributed by atoms with Gasteiger partial charge >= 0.3 is 0 Å². The number of methoxy groups -OCH3 is 3. The zero-order valence-corrected chi connectivity index (χ0v) is 16.2. The maximum absolute atomic E-state index is 5.36. The van der Waals surface area contributed by atoms with Crippen molar-refractivity contribution in [3.8, 4) is 17.2 Å². The summed E-state index contributed by atoms with van der Waals surface area (Å²) in [6, 6.07) is 11.8. The van der Waals surface area contributed by atoms with Crippen LogP contribution in [-0.2, 0) is 0 Å². The van der Waals surface area contributed by atoms with Crippen LogP contribution in [0.4, 0.5) is 5.82 Å². The van der Waals surface area contributed by atoms with E-state index >= 15 is 0 Å². The topological polar surface area (TPSA) is 65.0 Å². The van der Waals surface area contributed by atoms with Gasteiger partial charge in [-0.25, -0.2) is 4.98 Å². The van der Waals surface area contributed by atoms with Gasteiger partial charge in [0.2, 0.25) is 5.75 Å². The lowest BCUT2D eigenvalue weighted by molar-refractivity contribution is 0.324. The Morgan fingerprint density at radius 1 is 0.926 bits per heavy atom. The van der Waals surface area contributed by atoms with E-state index in [-0.39, 0.29) is 0 Å². The molecule has 0 aliphatic rings. The molecule has 3 aromatic rings. The Hall–Kier alpha value is -3.28. The summed E-state index contributed by atoms with van der Waals surface area (Å²) in [5, 5.41) is 5.45. The molecule has 1 N–H and O–H groups in total. The number of nitrogens with zero attached hydrogens (tertiary/aromatic N) is 2. The lowest BCUT2D eigenvalue weighted by Gasteiger charge is -2.12. The summed E-state index contributed by atoms with van der Waals surface area (Å²) in [5.74, 6) is 2.40. The molecule has 2 aromatic carbocycles.